The maximum atomic E-state index is 5.20. The van der Waals surface area contributed by atoms with Gasteiger partial charge in [0.25, 0.3) is 0 Å². The standard InChI is InChI=1S/C14H24N2OS/c1-17-9-8-13(6-7-13)10-15-12-16-14(11-18-12)4-2-3-5-14/h2-11H2,1H3,(H,15,16). The molecule has 0 aromatic heterocycles. The van der Waals surface area contributed by atoms with Gasteiger partial charge in [0.1, 0.15) is 0 Å². The highest BCUT2D eigenvalue weighted by molar-refractivity contribution is 8.14. The average Bonchev–Trinajstić information content (AvgIpc) is 2.84. The van der Waals surface area contributed by atoms with Crippen molar-refractivity contribution in [1.29, 1.82) is 0 Å². The van der Waals surface area contributed by atoms with Gasteiger partial charge in [0.2, 0.25) is 0 Å². The monoisotopic (exact) mass is 268 g/mol. The van der Waals surface area contributed by atoms with Crippen LogP contribution in [0.15, 0.2) is 4.99 Å². The van der Waals surface area contributed by atoms with Crippen LogP contribution in [0.2, 0.25) is 0 Å². The smallest absolute Gasteiger partial charge is 0.157 e. The molecule has 0 bridgehead atoms. The zero-order chi connectivity index (χ0) is 12.5. The maximum Gasteiger partial charge on any atom is 0.157 e. The Kier molecular flexibility index (Phi) is 3.59. The summed E-state index contributed by atoms with van der Waals surface area (Å²) in [7, 11) is 1.79. The Morgan fingerprint density at radius 3 is 2.72 bits per heavy atom. The lowest BCUT2D eigenvalue weighted by molar-refractivity contribution is 0.174. The van der Waals surface area contributed by atoms with Gasteiger partial charge in [0, 0.05) is 31.6 Å². The van der Waals surface area contributed by atoms with Crippen LogP contribution in [0.25, 0.3) is 0 Å². The van der Waals surface area contributed by atoms with Gasteiger partial charge in [-0.2, -0.15) is 0 Å². The molecule has 1 saturated heterocycles. The predicted molar refractivity (Wildman–Crippen MR) is 77.3 cm³/mol. The van der Waals surface area contributed by atoms with Crippen LogP contribution in [-0.4, -0.2) is 36.7 Å². The molecule has 1 heterocycles. The highest BCUT2D eigenvalue weighted by Gasteiger charge is 2.43. The van der Waals surface area contributed by atoms with E-state index in [1.807, 2.05) is 11.8 Å². The van der Waals surface area contributed by atoms with Crippen molar-refractivity contribution in [3.63, 3.8) is 0 Å². The highest BCUT2D eigenvalue weighted by atomic mass is 32.2. The zero-order valence-electron chi connectivity index (χ0n) is 11.3. The number of hydrogen-bond donors (Lipinski definition) is 1. The summed E-state index contributed by atoms with van der Waals surface area (Å²) in [5.41, 5.74) is 0.892. The van der Waals surface area contributed by atoms with Crippen LogP contribution in [0.3, 0.4) is 0 Å². The van der Waals surface area contributed by atoms with Crippen molar-refractivity contribution in [3.05, 3.63) is 0 Å². The largest absolute Gasteiger partial charge is 0.385 e. The molecular formula is C14H24N2OS. The minimum Gasteiger partial charge on any atom is -0.385 e. The van der Waals surface area contributed by atoms with Crippen molar-refractivity contribution in [3.8, 4) is 0 Å². The second kappa shape index (κ2) is 5.04. The van der Waals surface area contributed by atoms with Gasteiger partial charge in [-0.1, -0.05) is 24.6 Å². The van der Waals surface area contributed by atoms with Gasteiger partial charge < -0.3 is 10.1 Å². The fourth-order valence-electron chi connectivity index (χ4n) is 3.13. The molecule has 0 unspecified atom stereocenters. The second-order valence-electron chi connectivity index (χ2n) is 6.27. The van der Waals surface area contributed by atoms with E-state index >= 15 is 0 Å². The first-order chi connectivity index (χ1) is 8.76. The Labute approximate surface area is 114 Å². The van der Waals surface area contributed by atoms with E-state index in [9.17, 15) is 0 Å². The van der Waals surface area contributed by atoms with Crippen molar-refractivity contribution in [2.75, 3.05) is 26.0 Å². The molecule has 0 radical (unpaired) electrons. The molecule has 0 atom stereocenters. The zero-order valence-corrected chi connectivity index (χ0v) is 12.2. The first-order valence-electron chi connectivity index (χ1n) is 7.20. The van der Waals surface area contributed by atoms with Crippen molar-refractivity contribution in [1.82, 2.24) is 5.32 Å². The summed E-state index contributed by atoms with van der Waals surface area (Å²) in [6, 6.07) is 0. The van der Waals surface area contributed by atoms with Crippen molar-refractivity contribution < 1.29 is 4.74 Å². The van der Waals surface area contributed by atoms with E-state index < -0.39 is 0 Å². The third-order valence-electron chi connectivity index (χ3n) is 4.77. The molecule has 18 heavy (non-hydrogen) atoms. The van der Waals surface area contributed by atoms with E-state index in [1.54, 1.807) is 7.11 Å². The highest BCUT2D eigenvalue weighted by Crippen LogP contribution is 2.49. The van der Waals surface area contributed by atoms with Crippen LogP contribution in [0.4, 0.5) is 0 Å². The van der Waals surface area contributed by atoms with E-state index in [-0.39, 0.29) is 0 Å². The van der Waals surface area contributed by atoms with Gasteiger partial charge >= 0.3 is 0 Å². The summed E-state index contributed by atoms with van der Waals surface area (Å²) in [5, 5.41) is 4.91. The molecule has 3 aliphatic rings. The molecule has 3 rings (SSSR count). The maximum absolute atomic E-state index is 5.20. The molecule has 3 fully saturated rings. The third-order valence-corrected chi connectivity index (χ3v) is 5.97. The van der Waals surface area contributed by atoms with Crippen LogP contribution in [-0.2, 0) is 4.74 Å². The molecule has 2 saturated carbocycles. The minimum atomic E-state index is 0.409. The Morgan fingerprint density at radius 1 is 1.28 bits per heavy atom. The molecule has 0 aromatic carbocycles. The number of ether oxygens (including phenoxy) is 1. The Morgan fingerprint density at radius 2 is 2.06 bits per heavy atom. The SMILES string of the molecule is COCCC1(CN=C2NC3(CCCC3)CS2)CC1. The lowest BCUT2D eigenvalue weighted by Crippen LogP contribution is -2.40. The van der Waals surface area contributed by atoms with Gasteiger partial charge in [0.15, 0.2) is 5.17 Å². The molecular weight excluding hydrogens is 244 g/mol. The summed E-state index contributed by atoms with van der Waals surface area (Å²) in [6.45, 7) is 1.89. The first-order valence-corrected chi connectivity index (χ1v) is 8.19. The summed E-state index contributed by atoms with van der Waals surface area (Å²) in [4.78, 5) is 4.84. The van der Waals surface area contributed by atoms with Gasteiger partial charge in [-0.25, -0.2) is 0 Å². The van der Waals surface area contributed by atoms with Gasteiger partial charge in [-0.15, -0.1) is 0 Å². The lowest BCUT2D eigenvalue weighted by atomic mass is 10.0. The summed E-state index contributed by atoms with van der Waals surface area (Å²) < 4.78 is 5.20. The van der Waals surface area contributed by atoms with Gasteiger partial charge in [0.05, 0.1) is 0 Å². The normalized spacial score (nSPS) is 29.9. The Bertz CT molecular complexity index is 333. The van der Waals surface area contributed by atoms with Crippen LogP contribution in [0.1, 0.15) is 44.9 Å². The first kappa shape index (κ1) is 12.8. The topological polar surface area (TPSA) is 33.6 Å². The number of thioether (sulfide) groups is 1. The third kappa shape index (κ3) is 2.69. The van der Waals surface area contributed by atoms with Crippen LogP contribution < -0.4 is 5.32 Å². The minimum absolute atomic E-state index is 0.409. The molecule has 1 aliphatic heterocycles. The Hall–Kier alpha value is -0.220. The summed E-state index contributed by atoms with van der Waals surface area (Å²) >= 11 is 1.94. The van der Waals surface area contributed by atoms with Gasteiger partial charge in [-0.3, -0.25) is 4.99 Å². The van der Waals surface area contributed by atoms with Gasteiger partial charge in [-0.05, 0) is 37.5 Å². The number of aliphatic imine (C=N–C) groups is 1. The number of methoxy groups -OCH3 is 1. The lowest BCUT2D eigenvalue weighted by Gasteiger charge is -2.22. The number of nitrogens with one attached hydrogen (secondary N) is 1. The fourth-order valence-corrected chi connectivity index (χ4v) is 4.35. The number of nitrogens with zero attached hydrogens (tertiary/aromatic N) is 1. The molecule has 4 heteroatoms. The van der Waals surface area contributed by atoms with Crippen molar-refractivity contribution in [2.45, 2.75) is 50.5 Å². The predicted octanol–water partition coefficient (Wildman–Crippen LogP) is 2.81. The molecule has 0 aromatic rings. The summed E-state index contributed by atoms with van der Waals surface area (Å²) in [6.07, 6.45) is 9.31. The fraction of sp³-hybridized carbons (Fsp3) is 0.929. The number of hydrogen-bond acceptors (Lipinski definition) is 3. The summed E-state index contributed by atoms with van der Waals surface area (Å²) in [5.74, 6) is 1.23. The van der Waals surface area contributed by atoms with E-state index in [2.05, 4.69) is 5.32 Å². The molecule has 102 valence electrons. The molecule has 1 spiro atoms. The van der Waals surface area contributed by atoms with Crippen LogP contribution in [0, 0.1) is 5.41 Å². The van der Waals surface area contributed by atoms with Crippen LogP contribution in [0.5, 0.6) is 0 Å². The number of amidine groups is 1. The van der Waals surface area contributed by atoms with Crippen LogP contribution >= 0.6 is 11.8 Å². The van der Waals surface area contributed by atoms with E-state index in [1.165, 1.54) is 55.9 Å². The van der Waals surface area contributed by atoms with Crippen molar-refractivity contribution >= 4 is 16.9 Å². The quantitative estimate of drug-likeness (QED) is 0.832. The molecule has 3 nitrogen and oxygen atoms in total. The Balaban J connectivity index is 1.52. The molecule has 0 amide bonds. The van der Waals surface area contributed by atoms with E-state index in [4.69, 9.17) is 9.73 Å². The second-order valence-corrected chi connectivity index (χ2v) is 7.23. The van der Waals surface area contributed by atoms with E-state index in [0.29, 0.717) is 11.0 Å². The molecule has 1 N–H and O–H groups in total. The number of rotatable bonds is 5. The molecule has 2 aliphatic carbocycles. The van der Waals surface area contributed by atoms with Crippen molar-refractivity contribution in [2.24, 2.45) is 10.4 Å². The average molecular weight is 268 g/mol. The van der Waals surface area contributed by atoms with E-state index in [0.717, 1.165) is 13.2 Å².